The zero-order valence-corrected chi connectivity index (χ0v) is 11.2. The minimum absolute atomic E-state index is 0.0235. The van der Waals surface area contributed by atoms with Crippen molar-refractivity contribution in [1.82, 2.24) is 10.5 Å². The SMILES string of the molecule is C/C=C/CC(NC(=O)c1cc(C(C)C)no1)C(=O)O. The van der Waals surface area contributed by atoms with E-state index in [1.807, 2.05) is 13.8 Å². The molecule has 1 heterocycles. The van der Waals surface area contributed by atoms with Gasteiger partial charge in [-0.15, -0.1) is 0 Å². The van der Waals surface area contributed by atoms with Crippen LogP contribution in [0.15, 0.2) is 22.7 Å². The number of rotatable bonds is 6. The Balaban J connectivity index is 2.72. The van der Waals surface area contributed by atoms with E-state index in [1.54, 1.807) is 19.1 Å². The molecule has 0 spiro atoms. The van der Waals surface area contributed by atoms with Gasteiger partial charge in [0.15, 0.2) is 0 Å². The number of carbonyl (C=O) groups is 2. The van der Waals surface area contributed by atoms with Crippen molar-refractivity contribution in [1.29, 1.82) is 0 Å². The number of carbonyl (C=O) groups excluding carboxylic acids is 1. The maximum atomic E-state index is 11.8. The van der Waals surface area contributed by atoms with Crippen molar-refractivity contribution >= 4 is 11.9 Å². The second kappa shape index (κ2) is 6.72. The summed E-state index contributed by atoms with van der Waals surface area (Å²) in [4.78, 5) is 22.8. The van der Waals surface area contributed by atoms with Crippen molar-refractivity contribution < 1.29 is 19.2 Å². The van der Waals surface area contributed by atoms with Gasteiger partial charge in [0, 0.05) is 6.07 Å². The molecular formula is C13H18N2O4. The lowest BCUT2D eigenvalue weighted by atomic mass is 10.1. The first-order valence-electron chi connectivity index (χ1n) is 6.07. The van der Waals surface area contributed by atoms with Crippen LogP contribution in [-0.2, 0) is 4.79 Å². The highest BCUT2D eigenvalue weighted by atomic mass is 16.5. The third kappa shape index (κ3) is 4.24. The topological polar surface area (TPSA) is 92.4 Å². The molecule has 0 bridgehead atoms. The van der Waals surface area contributed by atoms with Gasteiger partial charge in [0.25, 0.3) is 5.91 Å². The lowest BCUT2D eigenvalue weighted by Gasteiger charge is -2.10. The molecule has 0 aliphatic rings. The quantitative estimate of drug-likeness (QED) is 0.768. The summed E-state index contributed by atoms with van der Waals surface area (Å²) in [6.07, 6.45) is 3.63. The van der Waals surface area contributed by atoms with Crippen molar-refractivity contribution in [3.05, 3.63) is 29.7 Å². The van der Waals surface area contributed by atoms with Gasteiger partial charge in [0.05, 0.1) is 5.69 Å². The van der Waals surface area contributed by atoms with Crippen LogP contribution in [-0.4, -0.2) is 28.2 Å². The van der Waals surface area contributed by atoms with Gasteiger partial charge < -0.3 is 14.9 Å². The summed E-state index contributed by atoms with van der Waals surface area (Å²) in [6.45, 7) is 5.63. The van der Waals surface area contributed by atoms with Crippen LogP contribution in [0.1, 0.15) is 49.4 Å². The Hall–Kier alpha value is -2.11. The summed E-state index contributed by atoms with van der Waals surface area (Å²) in [5.74, 6) is -1.50. The molecule has 0 radical (unpaired) electrons. The normalized spacial score (nSPS) is 12.8. The minimum Gasteiger partial charge on any atom is -0.480 e. The molecule has 0 saturated heterocycles. The van der Waals surface area contributed by atoms with Crippen molar-refractivity contribution in [2.45, 2.75) is 39.2 Å². The molecule has 0 aliphatic heterocycles. The molecule has 0 aliphatic carbocycles. The summed E-state index contributed by atoms with van der Waals surface area (Å²) in [6, 6.07) is 0.547. The van der Waals surface area contributed by atoms with E-state index in [-0.39, 0.29) is 18.1 Å². The van der Waals surface area contributed by atoms with Crippen molar-refractivity contribution in [2.75, 3.05) is 0 Å². The van der Waals surface area contributed by atoms with Crippen molar-refractivity contribution in [2.24, 2.45) is 0 Å². The second-order valence-corrected chi connectivity index (χ2v) is 4.44. The zero-order chi connectivity index (χ0) is 14.4. The fourth-order valence-electron chi connectivity index (χ4n) is 1.39. The second-order valence-electron chi connectivity index (χ2n) is 4.44. The number of allylic oxidation sites excluding steroid dienone is 1. The first-order valence-corrected chi connectivity index (χ1v) is 6.07. The van der Waals surface area contributed by atoms with Crippen LogP contribution in [0.25, 0.3) is 0 Å². The lowest BCUT2D eigenvalue weighted by molar-refractivity contribution is -0.139. The third-order valence-electron chi connectivity index (χ3n) is 2.55. The molecule has 1 rings (SSSR count). The molecule has 6 nitrogen and oxygen atoms in total. The van der Waals surface area contributed by atoms with Crippen LogP contribution >= 0.6 is 0 Å². The molecule has 1 aromatic rings. The molecule has 19 heavy (non-hydrogen) atoms. The average Bonchev–Trinajstić information content (AvgIpc) is 2.83. The van der Waals surface area contributed by atoms with Gasteiger partial charge in [-0.25, -0.2) is 4.79 Å². The highest BCUT2D eigenvalue weighted by molar-refractivity contribution is 5.94. The van der Waals surface area contributed by atoms with Gasteiger partial charge >= 0.3 is 5.97 Å². The van der Waals surface area contributed by atoms with Gasteiger partial charge in [-0.3, -0.25) is 4.79 Å². The number of amides is 1. The maximum Gasteiger partial charge on any atom is 0.326 e. The summed E-state index contributed by atoms with van der Waals surface area (Å²) in [5, 5.41) is 15.1. The number of aromatic nitrogens is 1. The molecule has 0 fully saturated rings. The monoisotopic (exact) mass is 266 g/mol. The number of aliphatic carboxylic acids is 1. The first kappa shape index (κ1) is 14.9. The maximum absolute atomic E-state index is 11.8. The predicted molar refractivity (Wildman–Crippen MR) is 68.9 cm³/mol. The summed E-state index contributed by atoms with van der Waals surface area (Å²) in [7, 11) is 0. The largest absolute Gasteiger partial charge is 0.480 e. The minimum atomic E-state index is -1.09. The molecule has 0 saturated carbocycles. The number of carboxylic acids is 1. The van der Waals surface area contributed by atoms with Gasteiger partial charge in [0.2, 0.25) is 5.76 Å². The summed E-state index contributed by atoms with van der Waals surface area (Å²) < 4.78 is 4.90. The average molecular weight is 266 g/mol. The van der Waals surface area contributed by atoms with Crippen LogP contribution in [0.3, 0.4) is 0 Å². The fourth-order valence-corrected chi connectivity index (χ4v) is 1.39. The zero-order valence-electron chi connectivity index (χ0n) is 11.2. The molecule has 1 atom stereocenters. The van der Waals surface area contributed by atoms with Crippen LogP contribution in [0, 0.1) is 0 Å². The summed E-state index contributed by atoms with van der Waals surface area (Å²) >= 11 is 0. The van der Waals surface area contributed by atoms with Gasteiger partial charge in [-0.05, 0) is 19.3 Å². The predicted octanol–water partition coefficient (Wildman–Crippen LogP) is 1.95. The van der Waals surface area contributed by atoms with E-state index >= 15 is 0 Å². The molecule has 104 valence electrons. The van der Waals surface area contributed by atoms with E-state index in [0.29, 0.717) is 5.69 Å². The van der Waals surface area contributed by atoms with E-state index in [9.17, 15) is 9.59 Å². The first-order chi connectivity index (χ1) is 8.95. The number of nitrogens with one attached hydrogen (secondary N) is 1. The number of carboxylic acid groups (broad SMARTS) is 1. The van der Waals surface area contributed by atoms with Crippen molar-refractivity contribution in [3.63, 3.8) is 0 Å². The van der Waals surface area contributed by atoms with Crippen LogP contribution in [0.2, 0.25) is 0 Å². The molecule has 1 aromatic heterocycles. The molecule has 6 heteroatoms. The van der Waals surface area contributed by atoms with Crippen LogP contribution in [0.4, 0.5) is 0 Å². The summed E-state index contributed by atoms with van der Waals surface area (Å²) in [5.41, 5.74) is 0.658. The number of hydrogen-bond acceptors (Lipinski definition) is 4. The van der Waals surface area contributed by atoms with E-state index in [4.69, 9.17) is 9.63 Å². The highest BCUT2D eigenvalue weighted by Crippen LogP contribution is 2.14. The molecule has 1 unspecified atom stereocenters. The Morgan fingerprint density at radius 1 is 1.53 bits per heavy atom. The smallest absolute Gasteiger partial charge is 0.326 e. The third-order valence-corrected chi connectivity index (χ3v) is 2.55. The lowest BCUT2D eigenvalue weighted by Crippen LogP contribution is -2.40. The Labute approximate surface area is 111 Å². The van der Waals surface area contributed by atoms with Gasteiger partial charge in [0.1, 0.15) is 6.04 Å². The number of hydrogen-bond donors (Lipinski definition) is 2. The van der Waals surface area contributed by atoms with Crippen LogP contribution in [0.5, 0.6) is 0 Å². The molecule has 2 N–H and O–H groups in total. The Kier molecular flexibility index (Phi) is 5.29. The molecule has 0 aromatic carbocycles. The van der Waals surface area contributed by atoms with E-state index < -0.39 is 17.9 Å². The Bertz CT molecular complexity index is 477. The van der Waals surface area contributed by atoms with Gasteiger partial charge in [-0.2, -0.15) is 0 Å². The standard InChI is InChI=1S/C13H18N2O4/c1-4-5-6-9(13(17)18)14-12(16)11-7-10(8(2)3)15-19-11/h4-5,7-9H,6H2,1-3H3,(H,14,16)(H,17,18)/b5-4+. The molecule has 1 amide bonds. The molecular weight excluding hydrogens is 248 g/mol. The number of nitrogens with zero attached hydrogens (tertiary/aromatic N) is 1. The Morgan fingerprint density at radius 3 is 2.68 bits per heavy atom. The van der Waals surface area contributed by atoms with E-state index in [2.05, 4.69) is 10.5 Å². The van der Waals surface area contributed by atoms with Gasteiger partial charge in [-0.1, -0.05) is 31.2 Å². The van der Waals surface area contributed by atoms with E-state index in [0.717, 1.165) is 0 Å². The fraction of sp³-hybridized carbons (Fsp3) is 0.462. The highest BCUT2D eigenvalue weighted by Gasteiger charge is 2.22. The van der Waals surface area contributed by atoms with E-state index in [1.165, 1.54) is 6.07 Å². The van der Waals surface area contributed by atoms with Crippen LogP contribution < -0.4 is 5.32 Å². The Morgan fingerprint density at radius 2 is 2.21 bits per heavy atom. The van der Waals surface area contributed by atoms with Crippen molar-refractivity contribution in [3.8, 4) is 0 Å².